The third kappa shape index (κ3) is 2.14. The van der Waals surface area contributed by atoms with Crippen molar-refractivity contribution in [3.63, 3.8) is 0 Å². The summed E-state index contributed by atoms with van der Waals surface area (Å²) in [5.41, 5.74) is 0.291. The number of hydrogen-bond acceptors (Lipinski definition) is 5. The van der Waals surface area contributed by atoms with Crippen molar-refractivity contribution in [2.45, 2.75) is 6.92 Å². The molecule has 0 saturated carbocycles. The summed E-state index contributed by atoms with van der Waals surface area (Å²) in [5, 5.41) is 7.26. The van der Waals surface area contributed by atoms with Crippen molar-refractivity contribution in [3.05, 3.63) is 17.8 Å². The van der Waals surface area contributed by atoms with E-state index in [1.54, 1.807) is 6.92 Å². The molecule has 1 aromatic rings. The quantitative estimate of drug-likeness (QED) is 0.642. The number of rotatable bonds is 3. The summed E-state index contributed by atoms with van der Waals surface area (Å²) in [4.78, 5) is 11.1. The van der Waals surface area contributed by atoms with Crippen LogP contribution in [0.4, 0.5) is 0 Å². The normalized spacial score (nSPS) is 9.38. The van der Waals surface area contributed by atoms with Gasteiger partial charge in [-0.05, 0) is 13.0 Å². The molecule has 1 heterocycles. The second-order valence-electron chi connectivity index (χ2n) is 2.17. The van der Waals surface area contributed by atoms with Gasteiger partial charge in [-0.25, -0.2) is 4.79 Å². The number of esters is 1. The fourth-order valence-electron chi connectivity index (χ4n) is 0.827. The summed E-state index contributed by atoms with van der Waals surface area (Å²) in [6.45, 7) is 2.23. The van der Waals surface area contributed by atoms with Gasteiger partial charge in [-0.1, -0.05) is 0 Å². The zero-order chi connectivity index (χ0) is 9.68. The average Bonchev–Trinajstić information content (AvgIpc) is 2.18. The van der Waals surface area contributed by atoms with E-state index in [1.165, 1.54) is 19.4 Å². The molecule has 5 heteroatoms. The van der Waals surface area contributed by atoms with Crippen molar-refractivity contribution >= 4 is 5.97 Å². The molecule has 1 rings (SSSR count). The van der Waals surface area contributed by atoms with Crippen LogP contribution in [0.3, 0.4) is 0 Å². The second kappa shape index (κ2) is 4.39. The molecule has 0 aliphatic rings. The van der Waals surface area contributed by atoms with Gasteiger partial charge in [0.2, 0.25) is 5.88 Å². The molecule has 70 valence electrons. The Labute approximate surface area is 75.7 Å². The van der Waals surface area contributed by atoms with Gasteiger partial charge in [0, 0.05) is 0 Å². The van der Waals surface area contributed by atoms with Crippen LogP contribution in [-0.2, 0) is 4.74 Å². The molecule has 0 bridgehead atoms. The van der Waals surface area contributed by atoms with Crippen LogP contribution >= 0.6 is 0 Å². The van der Waals surface area contributed by atoms with Crippen LogP contribution < -0.4 is 4.74 Å². The molecule has 13 heavy (non-hydrogen) atoms. The molecule has 0 aromatic carbocycles. The topological polar surface area (TPSA) is 61.3 Å². The highest BCUT2D eigenvalue weighted by Crippen LogP contribution is 2.13. The fraction of sp³-hybridized carbons (Fsp3) is 0.375. The molecule has 5 nitrogen and oxygen atoms in total. The predicted molar refractivity (Wildman–Crippen MR) is 44.5 cm³/mol. The Bertz CT molecular complexity index is 301. The zero-order valence-corrected chi connectivity index (χ0v) is 7.48. The molecule has 0 atom stereocenters. The predicted octanol–water partition coefficient (Wildman–Crippen LogP) is 0.662. The summed E-state index contributed by atoms with van der Waals surface area (Å²) in [6.07, 6.45) is 1.41. The van der Waals surface area contributed by atoms with E-state index in [4.69, 9.17) is 4.74 Å². The van der Waals surface area contributed by atoms with Gasteiger partial charge in [0.05, 0.1) is 19.9 Å². The van der Waals surface area contributed by atoms with Gasteiger partial charge in [0.1, 0.15) is 5.56 Å². The van der Waals surface area contributed by atoms with Crippen LogP contribution in [0.1, 0.15) is 17.3 Å². The summed E-state index contributed by atoms with van der Waals surface area (Å²) >= 11 is 0. The Balaban J connectivity index is 2.97. The lowest BCUT2D eigenvalue weighted by atomic mass is 10.3. The Morgan fingerprint density at radius 2 is 2.38 bits per heavy atom. The van der Waals surface area contributed by atoms with Crippen molar-refractivity contribution in [2.24, 2.45) is 0 Å². The Hall–Kier alpha value is -1.65. The van der Waals surface area contributed by atoms with E-state index < -0.39 is 5.97 Å². The minimum Gasteiger partial charge on any atom is -0.476 e. The van der Waals surface area contributed by atoms with Gasteiger partial charge < -0.3 is 9.47 Å². The number of carbonyl (C=O) groups is 1. The molecule has 0 N–H and O–H groups in total. The van der Waals surface area contributed by atoms with Crippen molar-refractivity contribution in [3.8, 4) is 5.88 Å². The molecule has 1 aromatic heterocycles. The Kier molecular flexibility index (Phi) is 3.19. The fourth-order valence-corrected chi connectivity index (χ4v) is 0.827. The molecular formula is C8H10N2O3. The largest absolute Gasteiger partial charge is 0.476 e. The molecule has 0 spiro atoms. The summed E-state index contributed by atoms with van der Waals surface area (Å²) < 4.78 is 9.62. The first kappa shape index (κ1) is 9.44. The van der Waals surface area contributed by atoms with E-state index in [9.17, 15) is 4.79 Å². The minimum absolute atomic E-state index is 0.205. The summed E-state index contributed by atoms with van der Waals surface area (Å²) in [6, 6.07) is 1.50. The number of ether oxygens (including phenoxy) is 2. The maximum atomic E-state index is 11.1. The Morgan fingerprint density at radius 1 is 1.62 bits per heavy atom. The second-order valence-corrected chi connectivity index (χ2v) is 2.17. The lowest BCUT2D eigenvalue weighted by Gasteiger charge is -2.04. The van der Waals surface area contributed by atoms with E-state index in [2.05, 4.69) is 14.9 Å². The van der Waals surface area contributed by atoms with Crippen molar-refractivity contribution in [1.29, 1.82) is 0 Å². The van der Waals surface area contributed by atoms with Crippen LogP contribution in [0.2, 0.25) is 0 Å². The van der Waals surface area contributed by atoms with Crippen molar-refractivity contribution in [2.75, 3.05) is 13.7 Å². The molecular weight excluding hydrogens is 172 g/mol. The van der Waals surface area contributed by atoms with Gasteiger partial charge >= 0.3 is 5.97 Å². The number of carbonyl (C=O) groups excluding carboxylic acids is 1. The van der Waals surface area contributed by atoms with Crippen molar-refractivity contribution in [1.82, 2.24) is 10.2 Å². The third-order valence-corrected chi connectivity index (χ3v) is 1.37. The molecule has 0 radical (unpaired) electrons. The van der Waals surface area contributed by atoms with Crippen LogP contribution in [0.5, 0.6) is 5.88 Å². The lowest BCUT2D eigenvalue weighted by molar-refractivity contribution is 0.0595. The van der Waals surface area contributed by atoms with Gasteiger partial charge in [0.15, 0.2) is 0 Å². The summed E-state index contributed by atoms with van der Waals surface area (Å²) in [7, 11) is 1.30. The highest BCUT2D eigenvalue weighted by atomic mass is 16.5. The molecule has 0 fully saturated rings. The van der Waals surface area contributed by atoms with Crippen LogP contribution in [0.25, 0.3) is 0 Å². The first-order valence-electron chi connectivity index (χ1n) is 3.82. The summed E-state index contributed by atoms with van der Waals surface area (Å²) in [5.74, 6) is -0.268. The number of aromatic nitrogens is 2. The van der Waals surface area contributed by atoms with Crippen LogP contribution in [0, 0.1) is 0 Å². The first-order valence-corrected chi connectivity index (χ1v) is 3.82. The average molecular weight is 182 g/mol. The highest BCUT2D eigenvalue weighted by Gasteiger charge is 2.13. The number of nitrogens with zero attached hydrogens (tertiary/aromatic N) is 2. The number of hydrogen-bond donors (Lipinski definition) is 0. The van der Waals surface area contributed by atoms with Gasteiger partial charge in [-0.3, -0.25) is 0 Å². The zero-order valence-electron chi connectivity index (χ0n) is 7.48. The monoisotopic (exact) mass is 182 g/mol. The lowest BCUT2D eigenvalue weighted by Crippen LogP contribution is -2.07. The molecule has 0 saturated heterocycles. The SMILES string of the molecule is CCOc1nnccc1C(=O)OC. The molecule has 0 amide bonds. The smallest absolute Gasteiger partial charge is 0.343 e. The minimum atomic E-state index is -0.474. The standard InChI is InChI=1S/C8H10N2O3/c1-3-13-7-6(8(11)12-2)4-5-9-10-7/h4-5H,3H2,1-2H3. The maximum absolute atomic E-state index is 11.1. The van der Waals surface area contributed by atoms with E-state index >= 15 is 0 Å². The van der Waals surface area contributed by atoms with E-state index in [1.807, 2.05) is 0 Å². The van der Waals surface area contributed by atoms with E-state index in [0.29, 0.717) is 12.2 Å². The van der Waals surface area contributed by atoms with Crippen LogP contribution in [0.15, 0.2) is 12.3 Å². The maximum Gasteiger partial charge on any atom is 0.343 e. The van der Waals surface area contributed by atoms with Gasteiger partial charge in [0.25, 0.3) is 0 Å². The van der Waals surface area contributed by atoms with Gasteiger partial charge in [-0.2, -0.15) is 5.10 Å². The first-order chi connectivity index (χ1) is 6.29. The molecule has 0 aliphatic heterocycles. The Morgan fingerprint density at radius 3 is 3.00 bits per heavy atom. The molecule has 0 unspecified atom stereocenters. The van der Waals surface area contributed by atoms with Crippen molar-refractivity contribution < 1.29 is 14.3 Å². The third-order valence-electron chi connectivity index (χ3n) is 1.37. The molecule has 0 aliphatic carbocycles. The highest BCUT2D eigenvalue weighted by molar-refractivity contribution is 5.91. The van der Waals surface area contributed by atoms with E-state index in [-0.39, 0.29) is 5.88 Å². The van der Waals surface area contributed by atoms with Crippen LogP contribution in [-0.4, -0.2) is 29.9 Å². The number of methoxy groups -OCH3 is 1. The van der Waals surface area contributed by atoms with Gasteiger partial charge in [-0.15, -0.1) is 5.10 Å². The van der Waals surface area contributed by atoms with E-state index in [0.717, 1.165) is 0 Å².